The quantitative estimate of drug-likeness (QED) is 0.696. The molecule has 2 aromatic carbocycles. The number of amides is 2. The summed E-state index contributed by atoms with van der Waals surface area (Å²) in [5.74, 6) is -0.920. The molecular formula is C22H24Cl2FN3O2. The SMILES string of the molecule is CC(NC(=O)c1cccc(Cl)c1Cl)C(=O)NC1CCN(Cc2ccc(F)cc2)CC1. The van der Waals surface area contributed by atoms with Crippen molar-refractivity contribution in [3.8, 4) is 0 Å². The number of likely N-dealkylation sites (tertiary alicyclic amines) is 1. The smallest absolute Gasteiger partial charge is 0.253 e. The maximum absolute atomic E-state index is 13.0. The zero-order valence-electron chi connectivity index (χ0n) is 16.6. The second kappa shape index (κ2) is 10.2. The first kappa shape index (κ1) is 22.5. The molecule has 1 aliphatic rings. The van der Waals surface area contributed by atoms with Crippen LogP contribution in [0.4, 0.5) is 4.39 Å². The number of halogens is 3. The van der Waals surface area contributed by atoms with Crippen LogP contribution in [0.5, 0.6) is 0 Å². The van der Waals surface area contributed by atoms with Crippen LogP contribution in [0.3, 0.4) is 0 Å². The second-order valence-electron chi connectivity index (χ2n) is 7.48. The zero-order valence-corrected chi connectivity index (χ0v) is 18.1. The number of nitrogens with zero attached hydrogens (tertiary/aromatic N) is 1. The van der Waals surface area contributed by atoms with E-state index in [4.69, 9.17) is 23.2 Å². The van der Waals surface area contributed by atoms with Gasteiger partial charge in [0.25, 0.3) is 5.91 Å². The molecule has 2 aromatic rings. The molecular weight excluding hydrogens is 428 g/mol. The van der Waals surface area contributed by atoms with E-state index in [1.165, 1.54) is 12.1 Å². The lowest BCUT2D eigenvalue weighted by atomic mass is 10.0. The molecule has 160 valence electrons. The van der Waals surface area contributed by atoms with E-state index in [-0.39, 0.29) is 33.4 Å². The highest BCUT2D eigenvalue weighted by atomic mass is 35.5. The van der Waals surface area contributed by atoms with E-state index in [1.54, 1.807) is 37.3 Å². The Morgan fingerprint density at radius 1 is 1.13 bits per heavy atom. The molecule has 0 saturated carbocycles. The Morgan fingerprint density at radius 3 is 2.47 bits per heavy atom. The van der Waals surface area contributed by atoms with Crippen LogP contribution in [0, 0.1) is 5.82 Å². The van der Waals surface area contributed by atoms with Gasteiger partial charge in [-0.05, 0) is 49.6 Å². The Kier molecular flexibility index (Phi) is 7.69. The van der Waals surface area contributed by atoms with Crippen molar-refractivity contribution >= 4 is 35.0 Å². The first-order valence-corrected chi connectivity index (χ1v) is 10.6. The van der Waals surface area contributed by atoms with E-state index in [0.717, 1.165) is 38.0 Å². The van der Waals surface area contributed by atoms with Crippen molar-refractivity contribution in [3.05, 3.63) is 69.5 Å². The fourth-order valence-electron chi connectivity index (χ4n) is 3.43. The van der Waals surface area contributed by atoms with Gasteiger partial charge in [0.05, 0.1) is 15.6 Å². The Bertz CT molecular complexity index is 900. The van der Waals surface area contributed by atoms with Crippen molar-refractivity contribution < 1.29 is 14.0 Å². The summed E-state index contributed by atoms with van der Waals surface area (Å²) in [7, 11) is 0. The summed E-state index contributed by atoms with van der Waals surface area (Å²) < 4.78 is 13.0. The van der Waals surface area contributed by atoms with Gasteiger partial charge < -0.3 is 10.6 Å². The van der Waals surface area contributed by atoms with Crippen LogP contribution in [-0.4, -0.2) is 41.9 Å². The molecule has 2 N–H and O–H groups in total. The fourth-order valence-corrected chi connectivity index (χ4v) is 3.82. The maximum atomic E-state index is 13.0. The topological polar surface area (TPSA) is 61.4 Å². The van der Waals surface area contributed by atoms with Crippen molar-refractivity contribution in [1.82, 2.24) is 15.5 Å². The predicted octanol–water partition coefficient (Wildman–Crippen LogP) is 4.03. The molecule has 0 radical (unpaired) electrons. The number of nitrogens with one attached hydrogen (secondary N) is 2. The monoisotopic (exact) mass is 451 g/mol. The Hall–Kier alpha value is -2.15. The summed E-state index contributed by atoms with van der Waals surface area (Å²) in [5.41, 5.74) is 1.30. The number of piperidine rings is 1. The van der Waals surface area contributed by atoms with E-state index in [1.807, 2.05) is 0 Å². The molecule has 30 heavy (non-hydrogen) atoms. The number of benzene rings is 2. The van der Waals surface area contributed by atoms with E-state index in [9.17, 15) is 14.0 Å². The Morgan fingerprint density at radius 2 is 1.80 bits per heavy atom. The van der Waals surface area contributed by atoms with E-state index in [2.05, 4.69) is 15.5 Å². The molecule has 5 nitrogen and oxygen atoms in total. The average molecular weight is 452 g/mol. The summed E-state index contributed by atoms with van der Waals surface area (Å²) in [5, 5.41) is 6.12. The molecule has 1 aliphatic heterocycles. The van der Waals surface area contributed by atoms with Crippen molar-refractivity contribution in [2.24, 2.45) is 0 Å². The van der Waals surface area contributed by atoms with Crippen LogP contribution < -0.4 is 10.6 Å². The second-order valence-corrected chi connectivity index (χ2v) is 8.27. The third kappa shape index (κ3) is 5.94. The molecule has 2 amide bonds. The summed E-state index contributed by atoms with van der Waals surface area (Å²) in [6.45, 7) is 4.06. The predicted molar refractivity (Wildman–Crippen MR) is 116 cm³/mol. The molecule has 8 heteroatoms. The number of carbonyl (C=O) groups excluding carboxylic acids is 2. The van der Waals surface area contributed by atoms with E-state index >= 15 is 0 Å². The summed E-state index contributed by atoms with van der Waals surface area (Å²) >= 11 is 12.0. The van der Waals surface area contributed by atoms with E-state index in [0.29, 0.717) is 0 Å². The summed E-state index contributed by atoms with van der Waals surface area (Å²) in [6, 6.07) is 10.7. The number of hydrogen-bond donors (Lipinski definition) is 2. The lowest BCUT2D eigenvalue weighted by Gasteiger charge is -2.33. The van der Waals surface area contributed by atoms with Crippen molar-refractivity contribution in [1.29, 1.82) is 0 Å². The Balaban J connectivity index is 1.45. The molecule has 3 rings (SSSR count). The largest absolute Gasteiger partial charge is 0.351 e. The van der Waals surface area contributed by atoms with Crippen LogP contribution in [-0.2, 0) is 11.3 Å². The standard InChI is InChI=1S/C22H24Cl2FN3O2/c1-14(26-22(30)18-3-2-4-19(23)20(18)24)21(29)27-17-9-11-28(12-10-17)13-15-5-7-16(25)8-6-15/h2-8,14,17H,9-13H2,1H3,(H,26,30)(H,27,29). The first-order valence-electron chi connectivity index (χ1n) is 9.85. The Labute approximate surface area is 185 Å². The molecule has 1 fully saturated rings. The molecule has 0 spiro atoms. The van der Waals surface area contributed by atoms with Crippen molar-refractivity contribution in [3.63, 3.8) is 0 Å². The molecule has 1 saturated heterocycles. The van der Waals surface area contributed by atoms with Crippen molar-refractivity contribution in [2.45, 2.75) is 38.4 Å². The van der Waals surface area contributed by atoms with Crippen LogP contribution in [0.25, 0.3) is 0 Å². The lowest BCUT2D eigenvalue weighted by Crippen LogP contribution is -2.51. The zero-order chi connectivity index (χ0) is 21.7. The minimum Gasteiger partial charge on any atom is -0.351 e. The van der Waals surface area contributed by atoms with Gasteiger partial charge in [-0.15, -0.1) is 0 Å². The van der Waals surface area contributed by atoms with Gasteiger partial charge in [0, 0.05) is 25.7 Å². The van der Waals surface area contributed by atoms with Gasteiger partial charge in [0.2, 0.25) is 5.91 Å². The van der Waals surface area contributed by atoms with Crippen LogP contribution in [0.1, 0.15) is 35.7 Å². The third-order valence-electron chi connectivity index (χ3n) is 5.19. The number of rotatable bonds is 6. The van der Waals surface area contributed by atoms with Gasteiger partial charge in [-0.25, -0.2) is 4.39 Å². The van der Waals surface area contributed by atoms with Crippen molar-refractivity contribution in [2.75, 3.05) is 13.1 Å². The van der Waals surface area contributed by atoms with Gasteiger partial charge in [-0.1, -0.05) is 41.4 Å². The summed E-state index contributed by atoms with van der Waals surface area (Å²) in [4.78, 5) is 27.2. The van der Waals surface area contributed by atoms with Crippen LogP contribution in [0.2, 0.25) is 10.0 Å². The van der Waals surface area contributed by atoms with Crippen LogP contribution >= 0.6 is 23.2 Å². The maximum Gasteiger partial charge on any atom is 0.253 e. The van der Waals surface area contributed by atoms with E-state index < -0.39 is 11.9 Å². The van der Waals surface area contributed by atoms with Gasteiger partial charge >= 0.3 is 0 Å². The molecule has 1 atom stereocenters. The highest BCUT2D eigenvalue weighted by Gasteiger charge is 2.24. The molecule has 1 heterocycles. The van der Waals surface area contributed by atoms with Crippen LogP contribution in [0.15, 0.2) is 42.5 Å². The molecule has 0 bridgehead atoms. The van der Waals surface area contributed by atoms with Gasteiger partial charge in [0.15, 0.2) is 0 Å². The normalized spacial score (nSPS) is 16.1. The first-order chi connectivity index (χ1) is 14.3. The third-order valence-corrected chi connectivity index (χ3v) is 6.01. The minimum atomic E-state index is -0.704. The molecule has 0 aliphatic carbocycles. The minimum absolute atomic E-state index is 0.0519. The highest BCUT2D eigenvalue weighted by Crippen LogP contribution is 2.25. The molecule has 0 aromatic heterocycles. The number of carbonyl (C=O) groups is 2. The number of hydrogen-bond acceptors (Lipinski definition) is 3. The average Bonchev–Trinajstić information content (AvgIpc) is 2.73. The van der Waals surface area contributed by atoms with Gasteiger partial charge in [-0.3, -0.25) is 14.5 Å². The fraction of sp³-hybridized carbons (Fsp3) is 0.364. The highest BCUT2D eigenvalue weighted by molar-refractivity contribution is 6.43. The van der Waals surface area contributed by atoms with Gasteiger partial charge in [0.1, 0.15) is 11.9 Å². The summed E-state index contributed by atoms with van der Waals surface area (Å²) in [6.07, 6.45) is 1.63. The lowest BCUT2D eigenvalue weighted by molar-refractivity contribution is -0.123. The molecule has 1 unspecified atom stereocenters. The van der Waals surface area contributed by atoms with Gasteiger partial charge in [-0.2, -0.15) is 0 Å².